The van der Waals surface area contributed by atoms with Crippen molar-refractivity contribution in [2.45, 2.75) is 38.4 Å². The molecule has 2 atom stereocenters. The van der Waals surface area contributed by atoms with Crippen LogP contribution in [0.3, 0.4) is 0 Å². The Hall–Kier alpha value is -4.44. The minimum atomic E-state index is -1.34. The Morgan fingerprint density at radius 2 is 0.974 bits per heavy atom. The molecule has 2 amide bonds. The Morgan fingerprint density at radius 1 is 0.632 bits per heavy atom. The van der Waals surface area contributed by atoms with Crippen molar-refractivity contribution in [3.05, 3.63) is 106 Å². The van der Waals surface area contributed by atoms with Crippen molar-refractivity contribution in [3.8, 4) is 23.7 Å². The predicted molar refractivity (Wildman–Crippen MR) is 144 cm³/mol. The van der Waals surface area contributed by atoms with Gasteiger partial charge in [-0.1, -0.05) is 84.6 Å². The molecule has 0 aliphatic carbocycles. The van der Waals surface area contributed by atoms with Crippen LogP contribution >= 0.6 is 0 Å². The van der Waals surface area contributed by atoms with Crippen molar-refractivity contribution < 1.29 is 19.8 Å². The molecule has 0 fully saturated rings. The molecular formula is C30H30N4O4. The van der Waals surface area contributed by atoms with Crippen LogP contribution in [0.25, 0.3) is 0 Å². The molecule has 0 bridgehead atoms. The van der Waals surface area contributed by atoms with E-state index in [1.165, 1.54) is 0 Å². The second-order valence-electron chi connectivity index (χ2n) is 8.38. The van der Waals surface area contributed by atoms with Crippen LogP contribution < -0.4 is 22.1 Å². The van der Waals surface area contributed by atoms with Crippen LogP contribution in [0.4, 0.5) is 0 Å². The molecule has 0 aromatic heterocycles. The number of benzene rings is 3. The molecule has 3 rings (SSSR count). The molecule has 0 saturated carbocycles. The Morgan fingerprint density at radius 3 is 1.32 bits per heavy atom. The normalized spacial score (nSPS) is 11.7. The molecule has 0 spiro atoms. The molecule has 8 nitrogen and oxygen atoms in total. The summed E-state index contributed by atoms with van der Waals surface area (Å²) >= 11 is 0. The summed E-state index contributed by atoms with van der Waals surface area (Å²) in [4.78, 5) is 24.3. The molecule has 2 unspecified atom stereocenters. The Bertz CT molecular complexity index is 1260. The van der Waals surface area contributed by atoms with Crippen LogP contribution in [0.1, 0.15) is 45.6 Å². The molecular weight excluding hydrogens is 480 g/mol. The van der Waals surface area contributed by atoms with E-state index in [-0.39, 0.29) is 24.2 Å². The summed E-state index contributed by atoms with van der Waals surface area (Å²) in [5.41, 5.74) is 15.5. The number of aliphatic hydroxyl groups excluding tert-OH is 2. The van der Waals surface area contributed by atoms with Crippen molar-refractivity contribution in [1.82, 2.24) is 10.6 Å². The van der Waals surface area contributed by atoms with E-state index in [9.17, 15) is 19.8 Å². The van der Waals surface area contributed by atoms with Crippen LogP contribution in [-0.2, 0) is 35.8 Å². The van der Waals surface area contributed by atoms with Gasteiger partial charge >= 0.3 is 0 Å². The molecule has 194 valence electrons. The van der Waals surface area contributed by atoms with Crippen LogP contribution in [0.2, 0.25) is 0 Å². The maximum Gasteiger partial charge on any atom is 0.296 e. The first-order valence-corrected chi connectivity index (χ1v) is 12.0. The number of amides is 2. The summed E-state index contributed by atoms with van der Waals surface area (Å²) in [5, 5.41) is 26.4. The third-order valence-electron chi connectivity index (χ3n) is 5.65. The zero-order chi connectivity index (χ0) is 27.3. The van der Waals surface area contributed by atoms with Gasteiger partial charge in [-0.25, -0.2) is 0 Å². The fourth-order valence-electron chi connectivity index (χ4n) is 3.47. The van der Waals surface area contributed by atoms with Crippen molar-refractivity contribution in [2.24, 2.45) is 11.5 Å². The molecule has 0 saturated heterocycles. The highest BCUT2D eigenvalue weighted by Gasteiger charge is 2.15. The van der Waals surface area contributed by atoms with E-state index in [0.29, 0.717) is 13.1 Å². The highest BCUT2D eigenvalue weighted by atomic mass is 16.3. The highest BCUT2D eigenvalue weighted by Crippen LogP contribution is 2.23. The average Bonchev–Trinajstić information content (AvgIpc) is 2.96. The van der Waals surface area contributed by atoms with Crippen molar-refractivity contribution >= 4 is 11.8 Å². The fourth-order valence-corrected chi connectivity index (χ4v) is 3.47. The minimum absolute atomic E-state index is 0.278. The second kappa shape index (κ2) is 14.3. The summed E-state index contributed by atoms with van der Waals surface area (Å²) in [5.74, 6) is 8.61. The first kappa shape index (κ1) is 28.1. The first-order valence-electron chi connectivity index (χ1n) is 12.0. The van der Waals surface area contributed by atoms with Gasteiger partial charge in [0.2, 0.25) is 0 Å². The summed E-state index contributed by atoms with van der Waals surface area (Å²) < 4.78 is 0. The van der Waals surface area contributed by atoms with E-state index in [1.54, 1.807) is 24.3 Å². The van der Waals surface area contributed by atoms with Gasteiger partial charge in [-0.05, 0) is 45.2 Å². The number of nitrogens with two attached hydrogens (primary N) is 2. The molecule has 0 aliphatic heterocycles. The zero-order valence-electron chi connectivity index (χ0n) is 20.8. The van der Waals surface area contributed by atoms with Crippen LogP contribution in [-0.4, -0.2) is 22.0 Å². The number of hydrogen-bond donors (Lipinski definition) is 6. The van der Waals surface area contributed by atoms with Gasteiger partial charge in [0.15, 0.2) is 0 Å². The van der Waals surface area contributed by atoms with Crippen molar-refractivity contribution in [2.75, 3.05) is 0 Å². The highest BCUT2D eigenvalue weighted by molar-refractivity contribution is 5.94. The van der Waals surface area contributed by atoms with E-state index >= 15 is 0 Å². The average molecular weight is 511 g/mol. The number of hydrogen-bond acceptors (Lipinski definition) is 6. The molecule has 0 heterocycles. The van der Waals surface area contributed by atoms with Crippen LogP contribution in [0.5, 0.6) is 0 Å². The Labute approximate surface area is 222 Å². The molecule has 3 aromatic carbocycles. The van der Waals surface area contributed by atoms with Gasteiger partial charge in [-0.2, -0.15) is 0 Å². The van der Waals surface area contributed by atoms with Gasteiger partial charge in [0.05, 0.1) is 0 Å². The zero-order valence-corrected chi connectivity index (χ0v) is 20.8. The quantitative estimate of drug-likeness (QED) is 0.252. The molecule has 38 heavy (non-hydrogen) atoms. The van der Waals surface area contributed by atoms with Gasteiger partial charge in [-0.3, -0.25) is 9.59 Å². The summed E-state index contributed by atoms with van der Waals surface area (Å²) in [6, 6.07) is 21.5. The van der Waals surface area contributed by atoms with E-state index in [1.807, 2.05) is 48.5 Å². The van der Waals surface area contributed by atoms with E-state index in [4.69, 9.17) is 11.5 Å². The molecule has 8 heteroatoms. The Balaban J connectivity index is 1.57. The van der Waals surface area contributed by atoms with Gasteiger partial charge in [0, 0.05) is 26.2 Å². The lowest BCUT2D eigenvalue weighted by molar-refractivity contribution is -0.116. The second-order valence-corrected chi connectivity index (χ2v) is 8.38. The molecule has 0 aliphatic rings. The molecule has 8 N–H and O–H groups in total. The largest absolute Gasteiger partial charge is 0.376 e. The monoisotopic (exact) mass is 510 g/mol. The van der Waals surface area contributed by atoms with E-state index < -0.39 is 24.0 Å². The molecule has 3 aromatic rings. The number of nitrogens with one attached hydrogen (secondary N) is 2. The number of carbonyl (C=O) groups is 2. The van der Waals surface area contributed by atoms with Gasteiger partial charge in [0.1, 0.15) is 12.2 Å². The van der Waals surface area contributed by atoms with Crippen molar-refractivity contribution in [3.63, 3.8) is 0 Å². The molecule has 0 radical (unpaired) electrons. The standard InChI is InChI=1S/C30H30N4O4/c31-17-21-5-9-23(10-6-21)19-33-29(37)15-13-27(35)25-3-1-2-4-26(25)28(36)14-16-30(38)34-20-24-11-7-22(18-32)8-12-24/h1-12,27-28,35-36H,17-20,31-32H2,(H,33,37)(H,34,38). The minimum Gasteiger partial charge on any atom is -0.376 e. The van der Waals surface area contributed by atoms with Gasteiger partial charge < -0.3 is 32.3 Å². The predicted octanol–water partition coefficient (Wildman–Crippen LogP) is 1.31. The smallest absolute Gasteiger partial charge is 0.296 e. The lowest BCUT2D eigenvalue weighted by Crippen LogP contribution is -2.21. The maximum atomic E-state index is 12.1. The first-order chi connectivity index (χ1) is 18.4. The lowest BCUT2D eigenvalue weighted by atomic mass is 9.98. The van der Waals surface area contributed by atoms with Gasteiger partial charge in [-0.15, -0.1) is 0 Å². The van der Waals surface area contributed by atoms with Crippen LogP contribution in [0, 0.1) is 23.7 Å². The number of aliphatic hydroxyl groups is 2. The summed E-state index contributed by atoms with van der Waals surface area (Å²) in [7, 11) is 0. The topological polar surface area (TPSA) is 151 Å². The lowest BCUT2D eigenvalue weighted by Gasteiger charge is -2.12. The number of carbonyl (C=O) groups excluding carboxylic acids is 2. The fraction of sp³-hybridized carbons (Fsp3) is 0.200. The third-order valence-corrected chi connectivity index (χ3v) is 5.65. The SMILES string of the molecule is NCc1ccc(CNC(=O)C#CC(O)c2ccccc2C(O)C#CC(=O)NCc2ccc(CN)cc2)cc1. The summed E-state index contributed by atoms with van der Waals surface area (Å²) in [6.07, 6.45) is -2.69. The van der Waals surface area contributed by atoms with Crippen molar-refractivity contribution in [1.29, 1.82) is 0 Å². The van der Waals surface area contributed by atoms with Gasteiger partial charge in [0.25, 0.3) is 11.8 Å². The maximum absolute atomic E-state index is 12.1. The van der Waals surface area contributed by atoms with Crippen LogP contribution in [0.15, 0.2) is 72.8 Å². The van der Waals surface area contributed by atoms with E-state index in [2.05, 4.69) is 34.3 Å². The van der Waals surface area contributed by atoms with E-state index in [0.717, 1.165) is 22.3 Å². The number of rotatable bonds is 8. The Kier molecular flexibility index (Phi) is 10.6. The summed E-state index contributed by atoms with van der Waals surface area (Å²) in [6.45, 7) is 1.44. The third kappa shape index (κ3) is 8.59.